The molecule has 7 atom stereocenters. The van der Waals surface area contributed by atoms with Gasteiger partial charge in [0.1, 0.15) is 42.0 Å². The second-order valence-corrected chi connectivity index (χ2v) is 17.9. The van der Waals surface area contributed by atoms with Crippen LogP contribution < -0.4 is 49.1 Å². The minimum Gasteiger partial charge on any atom is -0.508 e. The van der Waals surface area contributed by atoms with Crippen LogP contribution >= 0.6 is 0 Å². The number of benzene rings is 3. The molecule has 22 nitrogen and oxygen atoms in total. The molecule has 0 unspecified atom stereocenters. The lowest BCUT2D eigenvalue weighted by Crippen LogP contribution is -2.61. The van der Waals surface area contributed by atoms with Crippen molar-refractivity contribution in [1.82, 2.24) is 41.8 Å². The molecule has 1 fully saturated rings. The van der Waals surface area contributed by atoms with Gasteiger partial charge in [-0.05, 0) is 66.5 Å². The smallest absolute Gasteiger partial charge is 0.248 e. The number of aromatic nitrogens is 1. The van der Waals surface area contributed by atoms with E-state index in [0.29, 0.717) is 17.5 Å². The number of phenolic OH excluding ortho intramolecular Hbond substituents is 1. The first-order valence-electron chi connectivity index (χ1n) is 23.2. The van der Waals surface area contributed by atoms with Crippen molar-refractivity contribution < 1.29 is 53.4 Å². The van der Waals surface area contributed by atoms with E-state index in [-0.39, 0.29) is 50.3 Å². The number of likely N-dealkylation sites (tertiary alicyclic amines) is 1. The summed E-state index contributed by atoms with van der Waals surface area (Å²) in [5, 5.41) is 36.0. The van der Waals surface area contributed by atoms with E-state index in [1.54, 1.807) is 62.5 Å². The van der Waals surface area contributed by atoms with Crippen molar-refractivity contribution >= 4 is 64.1 Å². The number of aromatic hydroxyl groups is 1. The lowest BCUT2D eigenvalue weighted by molar-refractivity contribution is -0.143. The molecule has 1 aliphatic heterocycles. The minimum absolute atomic E-state index is 0.0281. The Kier molecular flexibility index (Phi) is 19.6. The van der Waals surface area contributed by atoms with Crippen LogP contribution in [-0.4, -0.2) is 135 Å². The summed E-state index contributed by atoms with van der Waals surface area (Å²) in [6.45, 7) is 2.18. The van der Waals surface area contributed by atoms with Crippen molar-refractivity contribution in [2.75, 3.05) is 19.7 Å². The molecule has 1 aromatic heterocycles. The van der Waals surface area contributed by atoms with E-state index >= 15 is 0 Å². The summed E-state index contributed by atoms with van der Waals surface area (Å²) < 4.78 is 0. The highest BCUT2D eigenvalue weighted by Crippen LogP contribution is 2.21. The molecule has 0 radical (unpaired) electrons. The number of hydrogen-bond acceptors (Lipinski definition) is 12. The Labute approximate surface area is 409 Å². The average Bonchev–Trinajstić information content (AvgIpc) is 4.00. The maximum atomic E-state index is 14.1. The second kappa shape index (κ2) is 25.7. The van der Waals surface area contributed by atoms with Gasteiger partial charge in [0, 0.05) is 36.5 Å². The SMILES string of the molecule is CC(C)C[C@H](NC(=O)[C@@H](N)Cc1ccc(O)cc1)C(=O)N[C@@H](CC(N)=O)C(=O)N[C@@H](Cc1ccccc1)C(=O)N[C@@H](CO)C(=O)N1CCC[C@H]1C(=O)NCC(=O)N[C@@H](Cc1c[nH]c2ccccc12)C(N)=O. The number of para-hydroxylation sites is 1. The molecular weight excluding hydrogens is 919 g/mol. The number of hydrogen-bond donors (Lipinski definition) is 12. The first-order valence-corrected chi connectivity index (χ1v) is 23.2. The molecule has 1 aliphatic rings. The van der Waals surface area contributed by atoms with Gasteiger partial charge in [-0.25, -0.2) is 0 Å². The van der Waals surface area contributed by atoms with E-state index in [9.17, 15) is 53.4 Å². The fraction of sp³-hybridized carbons (Fsp3) is 0.408. The topological polar surface area (TPSA) is 363 Å². The zero-order chi connectivity index (χ0) is 51.8. The standard InChI is InChI=1S/C49H63N11O11/c1-27(2)19-36(56-44(66)33(50)20-29-14-16-31(62)17-15-29)45(67)58-38(23-41(51)63)47(69)57-37(21-28-9-4-3-5-10-28)46(68)59-39(26-61)49(71)60-18-8-13-40(60)48(70)54-25-42(64)55-35(43(52)65)22-30-24-53-34-12-7-6-11-32(30)34/h3-7,9-12,14-17,24,27,33,35-40,53,61-62H,8,13,18-23,25-26,50H2,1-2H3,(H2,51,63)(H2,52,65)(H,54,70)(H,55,64)(H,56,66)(H,57,69)(H,58,67)(H,59,68)/t33-,35-,36-,37-,38-,39-,40-/m0/s1. The first-order chi connectivity index (χ1) is 33.8. The van der Waals surface area contributed by atoms with Crippen LogP contribution in [0.25, 0.3) is 10.9 Å². The number of aliphatic hydroxyl groups is 1. The van der Waals surface area contributed by atoms with Crippen LogP contribution in [0.15, 0.2) is 85.1 Å². The number of H-pyrrole nitrogens is 1. The predicted octanol–water partition coefficient (Wildman–Crippen LogP) is -1.84. The van der Waals surface area contributed by atoms with Gasteiger partial charge < -0.3 is 69.2 Å². The lowest BCUT2D eigenvalue weighted by atomic mass is 10.0. The first kappa shape index (κ1) is 54.1. The molecule has 0 bridgehead atoms. The van der Waals surface area contributed by atoms with Crippen LogP contribution in [0.1, 0.15) is 56.2 Å². The van der Waals surface area contributed by atoms with Crippen LogP contribution in [0.5, 0.6) is 5.75 Å². The number of nitrogens with one attached hydrogen (secondary N) is 7. The Balaban J connectivity index is 1.23. The number of carbonyl (C=O) groups excluding carboxylic acids is 9. The van der Waals surface area contributed by atoms with Gasteiger partial charge in [0.2, 0.25) is 53.2 Å². The third-order valence-corrected chi connectivity index (χ3v) is 11.9. The molecule has 1 saturated heterocycles. The molecule has 3 aromatic carbocycles. The molecule has 15 N–H and O–H groups in total. The predicted molar refractivity (Wildman–Crippen MR) is 259 cm³/mol. The van der Waals surface area contributed by atoms with Gasteiger partial charge >= 0.3 is 0 Å². The maximum absolute atomic E-state index is 14.1. The summed E-state index contributed by atoms with van der Waals surface area (Å²) in [6.07, 6.45) is 1.64. The van der Waals surface area contributed by atoms with Crippen molar-refractivity contribution in [3.8, 4) is 5.75 Å². The number of nitrogens with zero attached hydrogens (tertiary/aromatic N) is 1. The highest BCUT2D eigenvalue weighted by atomic mass is 16.3. The Hall–Kier alpha value is -7.85. The van der Waals surface area contributed by atoms with Crippen molar-refractivity contribution in [3.63, 3.8) is 0 Å². The van der Waals surface area contributed by atoms with Gasteiger partial charge in [0.05, 0.1) is 25.6 Å². The van der Waals surface area contributed by atoms with Crippen LogP contribution in [-0.2, 0) is 62.4 Å². The van der Waals surface area contributed by atoms with E-state index in [1.165, 1.54) is 12.1 Å². The summed E-state index contributed by atoms with van der Waals surface area (Å²) in [6, 6.07) is 12.6. The molecule has 5 rings (SSSR count). The normalized spacial score (nSPS) is 15.8. The summed E-state index contributed by atoms with van der Waals surface area (Å²) in [5.41, 5.74) is 20.0. The maximum Gasteiger partial charge on any atom is 0.248 e. The molecule has 22 heteroatoms. The van der Waals surface area contributed by atoms with Gasteiger partial charge in [-0.15, -0.1) is 0 Å². The zero-order valence-corrected chi connectivity index (χ0v) is 39.5. The molecule has 380 valence electrons. The molecular formula is C49H63N11O11. The Morgan fingerprint density at radius 1 is 0.704 bits per heavy atom. The third-order valence-electron chi connectivity index (χ3n) is 11.9. The van der Waals surface area contributed by atoms with E-state index in [0.717, 1.165) is 21.4 Å². The van der Waals surface area contributed by atoms with Crippen LogP contribution in [0, 0.1) is 5.92 Å². The van der Waals surface area contributed by atoms with Crippen molar-refractivity contribution in [2.24, 2.45) is 23.1 Å². The molecule has 71 heavy (non-hydrogen) atoms. The number of nitrogens with two attached hydrogens (primary N) is 3. The summed E-state index contributed by atoms with van der Waals surface area (Å²) in [5.74, 6) is -7.63. The van der Waals surface area contributed by atoms with Gasteiger partial charge in [0.15, 0.2) is 0 Å². The average molecular weight is 982 g/mol. The highest BCUT2D eigenvalue weighted by Gasteiger charge is 2.39. The molecule has 4 aromatic rings. The number of fused-ring (bicyclic) bond motifs is 1. The fourth-order valence-electron chi connectivity index (χ4n) is 8.21. The Morgan fingerprint density at radius 2 is 1.31 bits per heavy atom. The van der Waals surface area contributed by atoms with Gasteiger partial charge in [-0.3, -0.25) is 43.2 Å². The molecule has 0 spiro atoms. The molecule has 0 aliphatic carbocycles. The van der Waals surface area contributed by atoms with Gasteiger partial charge in [0.25, 0.3) is 0 Å². The largest absolute Gasteiger partial charge is 0.508 e. The molecule has 0 saturated carbocycles. The van der Waals surface area contributed by atoms with E-state index < -0.39 is 115 Å². The fourth-order valence-corrected chi connectivity index (χ4v) is 8.21. The van der Waals surface area contributed by atoms with Crippen molar-refractivity contribution in [1.29, 1.82) is 0 Å². The Bertz CT molecular complexity index is 2540. The van der Waals surface area contributed by atoms with Gasteiger partial charge in [-0.1, -0.05) is 74.5 Å². The minimum atomic E-state index is -1.65. The van der Waals surface area contributed by atoms with Gasteiger partial charge in [-0.2, -0.15) is 0 Å². The quantitative estimate of drug-likeness (QED) is 0.0349. The monoisotopic (exact) mass is 981 g/mol. The van der Waals surface area contributed by atoms with E-state index in [4.69, 9.17) is 17.2 Å². The van der Waals surface area contributed by atoms with E-state index in [2.05, 4.69) is 36.9 Å². The lowest BCUT2D eigenvalue weighted by Gasteiger charge is -2.29. The molecule has 9 amide bonds. The zero-order valence-electron chi connectivity index (χ0n) is 39.5. The summed E-state index contributed by atoms with van der Waals surface area (Å²) in [7, 11) is 0. The van der Waals surface area contributed by atoms with Crippen LogP contribution in [0.2, 0.25) is 0 Å². The number of primary amides is 2. The number of aromatic amines is 1. The third kappa shape index (κ3) is 15.8. The highest BCUT2D eigenvalue weighted by molar-refractivity contribution is 5.99. The number of phenols is 1. The van der Waals surface area contributed by atoms with E-state index in [1.807, 2.05) is 24.3 Å². The van der Waals surface area contributed by atoms with Crippen molar-refractivity contribution in [3.05, 3.63) is 102 Å². The van der Waals surface area contributed by atoms with Crippen LogP contribution in [0.4, 0.5) is 0 Å². The van der Waals surface area contributed by atoms with Crippen LogP contribution in [0.3, 0.4) is 0 Å². The second-order valence-electron chi connectivity index (χ2n) is 17.9. The number of rotatable bonds is 25. The number of aliphatic hydroxyl groups excluding tert-OH is 1. The number of carbonyl (C=O) groups is 9. The Morgan fingerprint density at radius 3 is 1.97 bits per heavy atom. The summed E-state index contributed by atoms with van der Waals surface area (Å²) >= 11 is 0. The molecule has 2 heterocycles. The van der Waals surface area contributed by atoms with Crippen molar-refractivity contribution in [2.45, 2.75) is 101 Å². The summed E-state index contributed by atoms with van der Waals surface area (Å²) in [4.78, 5) is 124. The number of amides is 9.